The van der Waals surface area contributed by atoms with Crippen molar-refractivity contribution in [2.45, 2.75) is 70.4 Å². The maximum atomic E-state index is 10.6. The molecule has 0 spiro atoms. The number of nitrogens with zero attached hydrogens (tertiary/aromatic N) is 2. The molecule has 0 aromatic heterocycles. The van der Waals surface area contributed by atoms with E-state index in [4.69, 9.17) is 5.73 Å². The molecule has 3 rings (SSSR count). The van der Waals surface area contributed by atoms with Gasteiger partial charge in [-0.1, -0.05) is 32.1 Å². The molecule has 1 aromatic rings. The molecular formula is C22H38N4O4. The minimum atomic E-state index is -0.450. The topological polar surface area (TPSA) is 125 Å². The third kappa shape index (κ3) is 7.74. The van der Waals surface area contributed by atoms with Gasteiger partial charge in [0.2, 0.25) is 0 Å². The van der Waals surface area contributed by atoms with E-state index in [0.29, 0.717) is 17.9 Å². The lowest BCUT2D eigenvalue weighted by atomic mass is 9.86. The van der Waals surface area contributed by atoms with Crippen molar-refractivity contribution in [3.63, 3.8) is 0 Å². The molecule has 1 saturated heterocycles. The number of nitrogens with one attached hydrogen (secondary N) is 1. The number of nitro benzene ring substituents is 1. The molecule has 1 aliphatic heterocycles. The second-order valence-electron chi connectivity index (χ2n) is 8.41. The summed E-state index contributed by atoms with van der Waals surface area (Å²) in [5.41, 5.74) is 6.34. The number of rotatable bonds is 7. The number of anilines is 2. The highest BCUT2D eigenvalue weighted by Crippen LogP contribution is 2.28. The Kier molecular flexibility index (Phi) is 10.3. The second-order valence-corrected chi connectivity index (χ2v) is 8.41. The molecule has 2 aliphatic rings. The molecule has 1 heterocycles. The first-order chi connectivity index (χ1) is 14.4. The van der Waals surface area contributed by atoms with Crippen molar-refractivity contribution in [1.29, 1.82) is 0 Å². The molecule has 0 bridgehead atoms. The molecule has 2 fully saturated rings. The van der Waals surface area contributed by atoms with Gasteiger partial charge < -0.3 is 21.3 Å². The Balaban J connectivity index is 0.000000222. The van der Waals surface area contributed by atoms with Crippen molar-refractivity contribution in [1.82, 2.24) is 4.90 Å². The van der Waals surface area contributed by atoms with E-state index >= 15 is 0 Å². The predicted molar refractivity (Wildman–Crippen MR) is 121 cm³/mol. The lowest BCUT2D eigenvalue weighted by molar-refractivity contribution is -0.383. The molecule has 0 amide bonds. The Morgan fingerprint density at radius 1 is 1.27 bits per heavy atom. The van der Waals surface area contributed by atoms with Crippen LogP contribution in [0.2, 0.25) is 0 Å². The smallest absolute Gasteiger partial charge is 0.294 e. The number of piperidine rings is 1. The maximum absolute atomic E-state index is 10.6. The molecule has 0 radical (unpaired) electrons. The van der Waals surface area contributed by atoms with Crippen LogP contribution >= 0.6 is 0 Å². The highest BCUT2D eigenvalue weighted by atomic mass is 16.6. The van der Waals surface area contributed by atoms with Gasteiger partial charge in [-0.05, 0) is 50.8 Å². The molecule has 2 atom stereocenters. The predicted octanol–water partition coefficient (Wildman–Crippen LogP) is 3.38. The fourth-order valence-corrected chi connectivity index (χ4v) is 4.43. The van der Waals surface area contributed by atoms with Gasteiger partial charge in [0.25, 0.3) is 5.69 Å². The summed E-state index contributed by atoms with van der Waals surface area (Å²) in [5, 5.41) is 32.4. The Morgan fingerprint density at radius 3 is 2.63 bits per heavy atom. The number of aliphatic hydroxyl groups excluding tert-OH is 2. The fraction of sp³-hybridized carbons (Fsp3) is 0.727. The first kappa shape index (κ1) is 24.4. The number of likely N-dealkylation sites (tertiary alicyclic amines) is 1. The molecular weight excluding hydrogens is 384 g/mol. The summed E-state index contributed by atoms with van der Waals surface area (Å²) in [6, 6.07) is 4.78. The normalized spacial score (nSPS) is 22.8. The van der Waals surface area contributed by atoms with Crippen molar-refractivity contribution >= 4 is 17.1 Å². The monoisotopic (exact) mass is 422 g/mol. The van der Waals surface area contributed by atoms with Crippen molar-refractivity contribution in [2.24, 2.45) is 5.92 Å². The van der Waals surface area contributed by atoms with Gasteiger partial charge in [0.1, 0.15) is 5.69 Å². The Bertz CT molecular complexity index is 652. The summed E-state index contributed by atoms with van der Waals surface area (Å²) in [5.74, 6) is 0.912. The molecule has 1 saturated carbocycles. The number of hydrogen-bond donors (Lipinski definition) is 4. The van der Waals surface area contributed by atoms with E-state index in [9.17, 15) is 20.3 Å². The highest BCUT2D eigenvalue weighted by molar-refractivity contribution is 5.66. The molecule has 8 heteroatoms. The van der Waals surface area contributed by atoms with Crippen LogP contribution in [0.3, 0.4) is 0 Å². The first-order valence-electron chi connectivity index (χ1n) is 11.2. The van der Waals surface area contributed by atoms with Gasteiger partial charge in [0.15, 0.2) is 0 Å². The zero-order valence-electron chi connectivity index (χ0n) is 18.1. The Morgan fingerprint density at radius 2 is 2.00 bits per heavy atom. The minimum Gasteiger partial charge on any atom is -0.399 e. The van der Waals surface area contributed by atoms with Crippen LogP contribution in [0.15, 0.2) is 18.2 Å². The Labute approximate surface area is 179 Å². The molecule has 8 nitrogen and oxygen atoms in total. The molecule has 170 valence electrons. The summed E-state index contributed by atoms with van der Waals surface area (Å²) in [6.45, 7) is 4.79. The summed E-state index contributed by atoms with van der Waals surface area (Å²) in [6.07, 6.45) is 9.76. The van der Waals surface area contributed by atoms with E-state index < -0.39 is 4.92 Å². The van der Waals surface area contributed by atoms with Gasteiger partial charge in [-0.3, -0.25) is 15.0 Å². The number of aliphatic hydroxyl groups is 2. The van der Waals surface area contributed by atoms with Gasteiger partial charge >= 0.3 is 0 Å². The van der Waals surface area contributed by atoms with Gasteiger partial charge in [-0.2, -0.15) is 0 Å². The van der Waals surface area contributed by atoms with Crippen LogP contribution in [0.4, 0.5) is 17.1 Å². The SMILES string of the molecule is CCNc1ccc(N)cc1[N+](=O)[O-].OCC1CC(O)CCN1CCC1CCCCC1. The minimum absolute atomic E-state index is 0.0156. The fourth-order valence-electron chi connectivity index (χ4n) is 4.43. The van der Waals surface area contributed by atoms with Gasteiger partial charge in [0.05, 0.1) is 17.6 Å². The number of nitrogen functional groups attached to an aromatic ring is 1. The van der Waals surface area contributed by atoms with Crippen LogP contribution in [-0.4, -0.2) is 58.4 Å². The van der Waals surface area contributed by atoms with E-state index in [1.54, 1.807) is 12.1 Å². The average molecular weight is 423 g/mol. The number of benzene rings is 1. The van der Waals surface area contributed by atoms with Crippen LogP contribution < -0.4 is 11.1 Å². The third-order valence-electron chi connectivity index (χ3n) is 6.16. The quantitative estimate of drug-likeness (QED) is 0.301. The number of nitro groups is 1. The van der Waals surface area contributed by atoms with Gasteiger partial charge in [0, 0.05) is 30.9 Å². The average Bonchev–Trinajstić information content (AvgIpc) is 2.75. The standard InChI is InChI=1S/C14H27NO2.C8H11N3O2/c16-11-13-10-14(17)7-9-15(13)8-6-12-4-2-1-3-5-12;1-2-10-7-4-3-6(9)5-8(7)11(12)13/h12-14,16-17H,1-11H2;3-5,10H,2,9H2,1H3. The molecule has 1 aliphatic carbocycles. The van der Waals surface area contributed by atoms with E-state index in [0.717, 1.165) is 31.8 Å². The molecule has 1 aromatic carbocycles. The summed E-state index contributed by atoms with van der Waals surface area (Å²) >= 11 is 0. The molecule has 30 heavy (non-hydrogen) atoms. The van der Waals surface area contributed by atoms with E-state index in [1.165, 1.54) is 44.6 Å². The Hall–Kier alpha value is -1.90. The number of hydrogen-bond acceptors (Lipinski definition) is 7. The maximum Gasteiger partial charge on any atom is 0.294 e. The third-order valence-corrected chi connectivity index (χ3v) is 6.16. The number of nitrogens with two attached hydrogens (primary N) is 1. The van der Waals surface area contributed by atoms with Gasteiger partial charge in [-0.25, -0.2) is 0 Å². The van der Waals surface area contributed by atoms with E-state index in [1.807, 2.05) is 6.92 Å². The summed E-state index contributed by atoms with van der Waals surface area (Å²) in [4.78, 5) is 12.5. The lowest BCUT2D eigenvalue weighted by Gasteiger charge is -2.37. The molecule has 5 N–H and O–H groups in total. The van der Waals surface area contributed by atoms with Crippen LogP contribution in [-0.2, 0) is 0 Å². The molecule has 2 unspecified atom stereocenters. The van der Waals surface area contributed by atoms with Crippen LogP contribution in [0, 0.1) is 16.0 Å². The second kappa shape index (κ2) is 12.7. The first-order valence-corrected chi connectivity index (χ1v) is 11.2. The van der Waals surface area contributed by atoms with Crippen molar-refractivity contribution in [2.75, 3.05) is 37.3 Å². The zero-order chi connectivity index (χ0) is 21.9. The van der Waals surface area contributed by atoms with Crippen molar-refractivity contribution in [3.05, 3.63) is 28.3 Å². The highest BCUT2D eigenvalue weighted by Gasteiger charge is 2.27. The summed E-state index contributed by atoms with van der Waals surface area (Å²) < 4.78 is 0. The lowest BCUT2D eigenvalue weighted by Crippen LogP contribution is -2.46. The van der Waals surface area contributed by atoms with E-state index in [2.05, 4.69) is 10.2 Å². The summed E-state index contributed by atoms with van der Waals surface area (Å²) in [7, 11) is 0. The van der Waals surface area contributed by atoms with Crippen molar-refractivity contribution < 1.29 is 15.1 Å². The van der Waals surface area contributed by atoms with Crippen LogP contribution in [0.1, 0.15) is 58.3 Å². The van der Waals surface area contributed by atoms with Crippen LogP contribution in [0.5, 0.6) is 0 Å². The zero-order valence-corrected chi connectivity index (χ0v) is 18.1. The largest absolute Gasteiger partial charge is 0.399 e. The van der Waals surface area contributed by atoms with Gasteiger partial charge in [-0.15, -0.1) is 0 Å². The van der Waals surface area contributed by atoms with Crippen molar-refractivity contribution in [3.8, 4) is 0 Å². The van der Waals surface area contributed by atoms with E-state index in [-0.39, 0.29) is 24.4 Å². The van der Waals surface area contributed by atoms with Crippen LogP contribution in [0.25, 0.3) is 0 Å².